The summed E-state index contributed by atoms with van der Waals surface area (Å²) in [5.74, 6) is -1.06. The van der Waals surface area contributed by atoms with Gasteiger partial charge in [0.15, 0.2) is 5.69 Å². The van der Waals surface area contributed by atoms with Gasteiger partial charge in [-0.15, -0.1) is 0 Å². The predicted molar refractivity (Wildman–Crippen MR) is 99.1 cm³/mol. The van der Waals surface area contributed by atoms with Gasteiger partial charge in [-0.05, 0) is 25.3 Å². The Morgan fingerprint density at radius 3 is 2.23 bits per heavy atom. The molecule has 0 aliphatic heterocycles. The van der Waals surface area contributed by atoms with Crippen molar-refractivity contribution in [3.8, 4) is 0 Å². The van der Waals surface area contributed by atoms with E-state index >= 15 is 0 Å². The molecule has 0 aliphatic carbocycles. The third-order valence-corrected chi connectivity index (χ3v) is 4.11. The number of hydrogen-bond acceptors (Lipinski definition) is 5. The highest BCUT2D eigenvalue weighted by atomic mass is 16.5. The molecule has 0 saturated heterocycles. The third kappa shape index (κ3) is 3.76. The molecule has 2 aromatic rings. The molecule has 0 fully saturated rings. The molecule has 0 unspecified atom stereocenters. The fraction of sp³-hybridized carbons (Fsp3) is 0.474. The van der Waals surface area contributed by atoms with Crippen molar-refractivity contribution in [2.45, 2.75) is 46.7 Å². The van der Waals surface area contributed by atoms with Crippen LogP contribution in [-0.4, -0.2) is 34.8 Å². The zero-order valence-corrected chi connectivity index (χ0v) is 16.0. The molecule has 0 spiro atoms. The Morgan fingerprint density at radius 2 is 1.73 bits per heavy atom. The summed E-state index contributed by atoms with van der Waals surface area (Å²) in [5.41, 5.74) is -0.704. The summed E-state index contributed by atoms with van der Waals surface area (Å²) in [5, 5.41) is 7.83. The lowest BCUT2D eigenvalue weighted by Gasteiger charge is -2.29. The van der Waals surface area contributed by atoms with E-state index in [2.05, 4.69) is 10.4 Å². The second-order valence-electron chi connectivity index (χ2n) is 7.53. The lowest BCUT2D eigenvalue weighted by atomic mass is 9.86. The van der Waals surface area contributed by atoms with Gasteiger partial charge in [0.25, 0.3) is 11.5 Å². The lowest BCUT2D eigenvalue weighted by molar-refractivity contribution is -0.145. The van der Waals surface area contributed by atoms with E-state index in [0.717, 1.165) is 0 Å². The Morgan fingerprint density at radius 1 is 1.15 bits per heavy atom. The first-order valence-corrected chi connectivity index (χ1v) is 8.48. The fourth-order valence-electron chi connectivity index (χ4n) is 2.67. The summed E-state index contributed by atoms with van der Waals surface area (Å²) < 4.78 is 6.09. The Hall–Kier alpha value is -2.70. The van der Waals surface area contributed by atoms with Gasteiger partial charge in [-0.3, -0.25) is 9.59 Å². The van der Waals surface area contributed by atoms with Gasteiger partial charge in [-0.25, -0.2) is 9.48 Å². The molecule has 2 rings (SSSR count). The van der Waals surface area contributed by atoms with Gasteiger partial charge >= 0.3 is 5.97 Å². The molecule has 1 atom stereocenters. The van der Waals surface area contributed by atoms with Crippen LogP contribution in [0.2, 0.25) is 0 Å². The van der Waals surface area contributed by atoms with Crippen molar-refractivity contribution in [1.29, 1.82) is 0 Å². The number of amides is 1. The zero-order valence-electron chi connectivity index (χ0n) is 16.0. The smallest absolute Gasteiger partial charge is 0.328 e. The molecule has 0 aliphatic rings. The third-order valence-electron chi connectivity index (χ3n) is 4.11. The van der Waals surface area contributed by atoms with Crippen molar-refractivity contribution in [3.63, 3.8) is 0 Å². The van der Waals surface area contributed by atoms with E-state index in [-0.39, 0.29) is 17.3 Å². The first kappa shape index (κ1) is 19.6. The number of carbonyl (C=O) groups is 2. The number of carbonyl (C=O) groups excluding carboxylic acids is 2. The maximum atomic E-state index is 12.9. The van der Waals surface area contributed by atoms with E-state index in [1.165, 1.54) is 11.8 Å². The zero-order chi connectivity index (χ0) is 19.6. The summed E-state index contributed by atoms with van der Waals surface area (Å²) in [6.45, 7) is 9.12. The number of rotatable bonds is 4. The van der Waals surface area contributed by atoms with Crippen molar-refractivity contribution < 1.29 is 14.3 Å². The van der Waals surface area contributed by atoms with Crippen molar-refractivity contribution in [2.75, 3.05) is 7.11 Å². The van der Waals surface area contributed by atoms with Crippen molar-refractivity contribution in [1.82, 2.24) is 15.1 Å². The molecule has 140 valence electrons. The molecule has 7 nitrogen and oxygen atoms in total. The van der Waals surface area contributed by atoms with Crippen LogP contribution >= 0.6 is 0 Å². The minimum atomic E-state index is -0.847. The average molecular weight is 359 g/mol. The number of aromatic nitrogens is 2. The number of nitrogens with zero attached hydrogens (tertiary/aromatic N) is 2. The van der Waals surface area contributed by atoms with Gasteiger partial charge in [0.05, 0.1) is 18.5 Å². The van der Waals surface area contributed by atoms with Crippen molar-refractivity contribution >= 4 is 22.6 Å². The summed E-state index contributed by atoms with van der Waals surface area (Å²) in [6.07, 6.45) is 0. The topological polar surface area (TPSA) is 90.3 Å². The van der Waals surface area contributed by atoms with Crippen LogP contribution in [-0.2, 0) is 9.53 Å². The number of ether oxygens (including phenoxy) is 1. The first-order chi connectivity index (χ1) is 12.1. The number of methoxy groups -OCH3 is 1. The molecular weight excluding hydrogens is 334 g/mol. The van der Waals surface area contributed by atoms with E-state index in [0.29, 0.717) is 10.8 Å². The van der Waals surface area contributed by atoms with E-state index in [9.17, 15) is 14.4 Å². The molecule has 1 amide bonds. The molecule has 0 saturated carbocycles. The molecule has 0 bridgehead atoms. The van der Waals surface area contributed by atoms with Gasteiger partial charge in [0, 0.05) is 5.39 Å². The van der Waals surface area contributed by atoms with Crippen LogP contribution in [0.1, 0.15) is 51.1 Å². The molecular formula is C19H25N3O4. The lowest BCUT2D eigenvalue weighted by Crippen LogP contribution is -2.50. The molecule has 26 heavy (non-hydrogen) atoms. The van der Waals surface area contributed by atoms with Gasteiger partial charge in [-0.1, -0.05) is 39.0 Å². The molecule has 7 heteroatoms. The molecule has 1 N–H and O–H groups in total. The average Bonchev–Trinajstić information content (AvgIpc) is 2.58. The Labute approximate surface area is 152 Å². The highest BCUT2D eigenvalue weighted by molar-refractivity contribution is 6.05. The summed E-state index contributed by atoms with van der Waals surface area (Å²) in [6, 6.07) is 5.76. The van der Waals surface area contributed by atoms with Crippen LogP contribution in [0.5, 0.6) is 0 Å². The minimum Gasteiger partial charge on any atom is -0.467 e. The van der Waals surface area contributed by atoms with E-state index in [1.807, 2.05) is 34.6 Å². The fourth-order valence-corrected chi connectivity index (χ4v) is 2.67. The second-order valence-corrected chi connectivity index (χ2v) is 7.53. The van der Waals surface area contributed by atoms with Gasteiger partial charge in [-0.2, -0.15) is 5.10 Å². The highest BCUT2D eigenvalue weighted by Gasteiger charge is 2.34. The molecule has 1 aromatic heterocycles. The number of esters is 1. The number of fused-ring (bicyclic) bond motifs is 1. The predicted octanol–water partition coefficient (Wildman–Crippen LogP) is 2.29. The van der Waals surface area contributed by atoms with Crippen molar-refractivity contribution in [3.05, 3.63) is 40.3 Å². The van der Waals surface area contributed by atoms with E-state index in [4.69, 9.17) is 4.74 Å². The van der Waals surface area contributed by atoms with E-state index in [1.54, 1.807) is 24.3 Å². The quantitative estimate of drug-likeness (QED) is 0.846. The monoisotopic (exact) mass is 359 g/mol. The van der Waals surface area contributed by atoms with Gasteiger partial charge in [0.2, 0.25) is 0 Å². The van der Waals surface area contributed by atoms with E-state index < -0.39 is 23.3 Å². The van der Waals surface area contributed by atoms with Crippen LogP contribution in [0.25, 0.3) is 10.8 Å². The van der Waals surface area contributed by atoms with Crippen LogP contribution in [0.3, 0.4) is 0 Å². The number of nitrogens with one attached hydrogen (secondary N) is 1. The molecule has 0 radical (unpaired) electrons. The first-order valence-electron chi connectivity index (χ1n) is 8.48. The second kappa shape index (κ2) is 7.27. The highest BCUT2D eigenvalue weighted by Crippen LogP contribution is 2.22. The van der Waals surface area contributed by atoms with Gasteiger partial charge < -0.3 is 10.1 Å². The minimum absolute atomic E-state index is 0.104. The van der Waals surface area contributed by atoms with Crippen LogP contribution in [0, 0.1) is 5.41 Å². The normalized spacial score (nSPS) is 12.9. The van der Waals surface area contributed by atoms with Crippen LogP contribution in [0.4, 0.5) is 0 Å². The Bertz CT molecular complexity index is 894. The van der Waals surface area contributed by atoms with Crippen LogP contribution in [0.15, 0.2) is 29.1 Å². The summed E-state index contributed by atoms with van der Waals surface area (Å²) in [4.78, 5) is 37.6. The molecule has 1 heterocycles. The molecule has 1 aromatic carbocycles. The largest absolute Gasteiger partial charge is 0.467 e. The van der Waals surface area contributed by atoms with Crippen LogP contribution < -0.4 is 10.9 Å². The Balaban J connectivity index is 2.58. The number of hydrogen-bond donors (Lipinski definition) is 1. The summed E-state index contributed by atoms with van der Waals surface area (Å²) >= 11 is 0. The number of benzene rings is 1. The van der Waals surface area contributed by atoms with Crippen molar-refractivity contribution in [2.24, 2.45) is 5.41 Å². The maximum Gasteiger partial charge on any atom is 0.328 e. The summed E-state index contributed by atoms with van der Waals surface area (Å²) in [7, 11) is 1.28. The van der Waals surface area contributed by atoms with Gasteiger partial charge in [0.1, 0.15) is 6.04 Å². The standard InChI is InChI=1S/C19H25N3O4/c1-11(2)22-17(24)13-10-8-7-9-12(13)14(21-22)16(23)20-15(18(25)26-6)19(3,4)5/h7-11,15H,1-6H3,(H,20,23)/t15-/m1/s1. The Kier molecular flexibility index (Phi) is 5.49. The SMILES string of the molecule is COC(=O)[C@@H](NC(=O)c1nn(C(C)C)c(=O)c2ccccc12)C(C)(C)C. The maximum absolute atomic E-state index is 12.9.